The molecule has 1 aliphatic rings. The van der Waals surface area contributed by atoms with Crippen molar-refractivity contribution in [2.75, 3.05) is 13.2 Å². The zero-order valence-corrected chi connectivity index (χ0v) is 17.0. The first-order valence-electron chi connectivity index (χ1n) is 10.1. The highest BCUT2D eigenvalue weighted by atomic mass is 19.3. The zero-order chi connectivity index (χ0) is 21.1. The van der Waals surface area contributed by atoms with Crippen LogP contribution in [0, 0.1) is 0 Å². The maximum atomic E-state index is 12.5. The highest BCUT2D eigenvalue weighted by Gasteiger charge is 2.27. The van der Waals surface area contributed by atoms with Crippen LogP contribution in [0.15, 0.2) is 54.7 Å². The second kappa shape index (κ2) is 8.75. The van der Waals surface area contributed by atoms with E-state index < -0.39 is 6.61 Å². The fraction of sp³-hybridized carbons (Fsp3) is 0.304. The number of halogens is 2. The van der Waals surface area contributed by atoms with Crippen molar-refractivity contribution in [3.8, 4) is 22.9 Å². The second-order valence-corrected chi connectivity index (χ2v) is 6.96. The van der Waals surface area contributed by atoms with E-state index in [0.717, 1.165) is 40.6 Å². The van der Waals surface area contributed by atoms with Crippen molar-refractivity contribution < 1.29 is 28.3 Å². The average molecular weight is 415 g/mol. The molecule has 3 aromatic rings. The predicted molar refractivity (Wildman–Crippen MR) is 109 cm³/mol. The molecule has 2 aromatic carbocycles. The number of nitrogens with two attached hydrogens (primary N) is 1. The van der Waals surface area contributed by atoms with Gasteiger partial charge in [0.1, 0.15) is 12.3 Å². The van der Waals surface area contributed by atoms with E-state index in [1.54, 1.807) is 12.1 Å². The Morgan fingerprint density at radius 3 is 2.40 bits per heavy atom. The van der Waals surface area contributed by atoms with Crippen molar-refractivity contribution in [2.24, 2.45) is 0 Å². The summed E-state index contributed by atoms with van der Waals surface area (Å²) in [5, 5.41) is 2.23. The molecule has 0 saturated heterocycles. The van der Waals surface area contributed by atoms with Crippen LogP contribution in [0.5, 0.6) is 17.2 Å². The number of rotatable bonds is 7. The largest absolute Gasteiger partial charge is 0.490 e. The molecule has 0 amide bonds. The van der Waals surface area contributed by atoms with E-state index in [9.17, 15) is 8.78 Å². The number of alkyl halides is 2. The topological polar surface area (TPSA) is 49.2 Å². The number of aromatic nitrogens is 1. The molecular weight excluding hydrogens is 390 g/mol. The maximum Gasteiger partial charge on any atom is 0.387 e. The summed E-state index contributed by atoms with van der Waals surface area (Å²) in [6, 6.07) is 15.0. The van der Waals surface area contributed by atoms with Gasteiger partial charge in [-0.15, -0.1) is 0 Å². The van der Waals surface area contributed by atoms with Gasteiger partial charge in [0.15, 0.2) is 17.5 Å². The third kappa shape index (κ3) is 3.98. The van der Waals surface area contributed by atoms with Crippen LogP contribution >= 0.6 is 0 Å². The third-order valence-corrected chi connectivity index (χ3v) is 5.14. The minimum Gasteiger partial charge on any atom is -0.490 e. The Labute approximate surface area is 174 Å². The van der Waals surface area contributed by atoms with Gasteiger partial charge in [-0.2, -0.15) is 8.78 Å². The van der Waals surface area contributed by atoms with Crippen molar-refractivity contribution >= 4 is 0 Å². The Kier molecular flexibility index (Phi) is 5.90. The fourth-order valence-corrected chi connectivity index (χ4v) is 3.91. The van der Waals surface area contributed by atoms with Gasteiger partial charge in [-0.1, -0.05) is 0 Å². The molecule has 2 heterocycles. The zero-order valence-electron chi connectivity index (χ0n) is 17.0. The van der Waals surface area contributed by atoms with Crippen molar-refractivity contribution in [1.82, 2.24) is 4.57 Å². The van der Waals surface area contributed by atoms with Gasteiger partial charge in [0.2, 0.25) is 0 Å². The number of ether oxygens (including phenoxy) is 3. The fourth-order valence-electron chi connectivity index (χ4n) is 3.91. The summed E-state index contributed by atoms with van der Waals surface area (Å²) in [6.07, 6.45) is 2.03. The lowest BCUT2D eigenvalue weighted by Gasteiger charge is -2.16. The van der Waals surface area contributed by atoms with E-state index in [2.05, 4.69) is 20.7 Å². The quantitative estimate of drug-likeness (QED) is 0.634. The molecule has 1 aliphatic heterocycles. The van der Waals surface area contributed by atoms with Gasteiger partial charge in [0.25, 0.3) is 0 Å². The highest BCUT2D eigenvalue weighted by Crippen LogP contribution is 2.36. The summed E-state index contributed by atoms with van der Waals surface area (Å²) in [6.45, 7) is 2.93. The molecule has 0 spiro atoms. The van der Waals surface area contributed by atoms with E-state index in [4.69, 9.17) is 9.47 Å². The minimum atomic E-state index is -2.83. The molecule has 0 radical (unpaired) electrons. The van der Waals surface area contributed by atoms with Gasteiger partial charge in [-0.05, 0) is 56.3 Å². The molecule has 5 nitrogen and oxygen atoms in total. The summed E-state index contributed by atoms with van der Waals surface area (Å²) in [7, 11) is 0. The summed E-state index contributed by atoms with van der Waals surface area (Å²) in [4.78, 5) is 0. The summed E-state index contributed by atoms with van der Waals surface area (Å²) in [5.74, 6) is 1.63. The molecule has 158 valence electrons. The van der Waals surface area contributed by atoms with Gasteiger partial charge in [0.05, 0.1) is 24.6 Å². The molecule has 1 atom stereocenters. The number of hydrogen-bond acceptors (Lipinski definition) is 3. The number of benzene rings is 2. The normalized spacial score (nSPS) is 15.3. The Balaban J connectivity index is 1.72. The molecule has 0 aliphatic carbocycles. The van der Waals surface area contributed by atoms with Gasteiger partial charge in [-0.25, -0.2) is 0 Å². The van der Waals surface area contributed by atoms with Crippen LogP contribution in [0.1, 0.15) is 36.7 Å². The average Bonchev–Trinajstić information content (AvgIpc) is 3.15. The molecule has 2 N–H and O–H groups in total. The molecular formula is C23H25F2N2O3+. The molecule has 0 fully saturated rings. The molecule has 4 rings (SSSR count). The Hall–Kier alpha value is -3.06. The van der Waals surface area contributed by atoms with Crippen LogP contribution in [0.3, 0.4) is 0 Å². The van der Waals surface area contributed by atoms with E-state index in [-0.39, 0.29) is 11.8 Å². The van der Waals surface area contributed by atoms with Crippen LogP contribution in [0.2, 0.25) is 0 Å². The smallest absolute Gasteiger partial charge is 0.387 e. The van der Waals surface area contributed by atoms with Gasteiger partial charge >= 0.3 is 6.61 Å². The number of nitrogens with zero attached hydrogens (tertiary/aromatic N) is 1. The van der Waals surface area contributed by atoms with E-state index in [0.29, 0.717) is 13.2 Å². The Morgan fingerprint density at radius 1 is 1.03 bits per heavy atom. The standard InChI is InChI=1S/C23H24F2N2O3/c1-3-28-20-12-16-14-26-22(15-7-9-17(10-8-15)30-23(24)25)18-6-5-11-27(18)19(16)13-21(20)29-4-2/h5-13,22-23,26H,3-4,14H2,1-2H3/p+1/t22-/m1/s1. The highest BCUT2D eigenvalue weighted by molar-refractivity contribution is 5.56. The first-order valence-corrected chi connectivity index (χ1v) is 10.1. The maximum absolute atomic E-state index is 12.5. The van der Waals surface area contributed by atoms with E-state index in [1.807, 2.05) is 50.4 Å². The summed E-state index contributed by atoms with van der Waals surface area (Å²) >= 11 is 0. The van der Waals surface area contributed by atoms with Crippen molar-refractivity contribution in [2.45, 2.75) is 33.0 Å². The molecule has 1 aromatic heterocycles. The molecule has 0 saturated carbocycles. The summed E-state index contributed by atoms with van der Waals surface area (Å²) < 4.78 is 43.2. The Morgan fingerprint density at radius 2 is 1.73 bits per heavy atom. The first-order chi connectivity index (χ1) is 14.6. The van der Waals surface area contributed by atoms with Crippen LogP contribution in [0.4, 0.5) is 8.78 Å². The lowest BCUT2D eigenvalue weighted by Crippen LogP contribution is -2.83. The summed E-state index contributed by atoms with van der Waals surface area (Å²) in [5.41, 5.74) is 4.31. The molecule has 30 heavy (non-hydrogen) atoms. The monoisotopic (exact) mass is 415 g/mol. The van der Waals surface area contributed by atoms with Crippen LogP contribution in [-0.2, 0) is 6.54 Å². The van der Waals surface area contributed by atoms with E-state index >= 15 is 0 Å². The van der Waals surface area contributed by atoms with Crippen LogP contribution in [0.25, 0.3) is 5.69 Å². The predicted octanol–water partition coefficient (Wildman–Crippen LogP) is 4.04. The van der Waals surface area contributed by atoms with E-state index in [1.165, 1.54) is 0 Å². The number of fused-ring (bicyclic) bond motifs is 3. The molecule has 0 unspecified atom stereocenters. The van der Waals surface area contributed by atoms with Crippen molar-refractivity contribution in [1.29, 1.82) is 0 Å². The first kappa shape index (κ1) is 20.2. The number of quaternary nitrogens is 1. The lowest BCUT2D eigenvalue weighted by molar-refractivity contribution is -0.702. The molecule has 0 bridgehead atoms. The van der Waals surface area contributed by atoms with Crippen molar-refractivity contribution in [3.05, 3.63) is 71.5 Å². The van der Waals surface area contributed by atoms with Gasteiger partial charge < -0.3 is 24.1 Å². The number of hydrogen-bond donors (Lipinski definition) is 1. The minimum absolute atomic E-state index is 0.0130. The third-order valence-electron chi connectivity index (χ3n) is 5.14. The van der Waals surface area contributed by atoms with Gasteiger partial charge in [-0.3, -0.25) is 0 Å². The second-order valence-electron chi connectivity index (χ2n) is 6.96. The van der Waals surface area contributed by atoms with Crippen LogP contribution < -0.4 is 19.5 Å². The van der Waals surface area contributed by atoms with Crippen molar-refractivity contribution in [3.63, 3.8) is 0 Å². The molecule has 7 heteroatoms. The Bertz CT molecular complexity index is 1000. The SMILES string of the molecule is CCOc1cc2c(cc1OCC)-n1cccc1[C@@H](c1ccc(OC(F)F)cc1)[NH2+]C2. The van der Waals surface area contributed by atoms with Gasteiger partial charge in [0, 0.05) is 23.4 Å². The van der Waals surface area contributed by atoms with Crippen LogP contribution in [-0.4, -0.2) is 24.4 Å². The lowest BCUT2D eigenvalue weighted by atomic mass is 10.0.